The van der Waals surface area contributed by atoms with Gasteiger partial charge in [-0.2, -0.15) is 0 Å². The molecule has 1 aromatic rings. The Bertz CT molecular complexity index is 642. The summed E-state index contributed by atoms with van der Waals surface area (Å²) in [5.41, 5.74) is 1.49. The highest BCUT2D eigenvalue weighted by Gasteiger charge is 2.40. The summed E-state index contributed by atoms with van der Waals surface area (Å²) < 4.78 is 4.97. The quantitative estimate of drug-likeness (QED) is 0.807. The molecule has 0 aromatic heterocycles. The molecular weight excluding hydrogens is 310 g/mol. The molecule has 0 spiro atoms. The van der Waals surface area contributed by atoms with Crippen LogP contribution in [0, 0.1) is 11.8 Å². The molecule has 1 aliphatic heterocycles. The van der Waals surface area contributed by atoms with E-state index in [1.54, 1.807) is 32.9 Å². The van der Waals surface area contributed by atoms with Gasteiger partial charge in [0.05, 0.1) is 12.5 Å². The fraction of sp³-hybridized carbons (Fsp3) is 0.500. The van der Waals surface area contributed by atoms with Gasteiger partial charge in [-0.1, -0.05) is 32.0 Å². The van der Waals surface area contributed by atoms with E-state index in [0.29, 0.717) is 25.1 Å². The highest BCUT2D eigenvalue weighted by atomic mass is 16.5. The third-order valence-corrected chi connectivity index (χ3v) is 4.32. The van der Waals surface area contributed by atoms with E-state index in [9.17, 15) is 19.5 Å². The number of carboxylic acids is 1. The van der Waals surface area contributed by atoms with E-state index in [-0.39, 0.29) is 11.9 Å². The van der Waals surface area contributed by atoms with Crippen molar-refractivity contribution < 1.29 is 24.2 Å². The lowest BCUT2D eigenvalue weighted by Crippen LogP contribution is -2.45. The van der Waals surface area contributed by atoms with Crippen molar-refractivity contribution >= 4 is 23.5 Å². The van der Waals surface area contributed by atoms with Gasteiger partial charge in [0.1, 0.15) is 6.04 Å². The Labute approximate surface area is 141 Å². The second kappa shape index (κ2) is 7.47. The Kier molecular flexibility index (Phi) is 5.59. The number of carbonyl (C=O) groups excluding carboxylic acids is 2. The number of amides is 1. The molecule has 0 radical (unpaired) electrons. The molecule has 1 heterocycles. The van der Waals surface area contributed by atoms with Gasteiger partial charge >= 0.3 is 11.9 Å². The zero-order valence-corrected chi connectivity index (χ0v) is 14.2. The second-order valence-corrected chi connectivity index (χ2v) is 6.18. The van der Waals surface area contributed by atoms with Crippen molar-refractivity contribution in [1.29, 1.82) is 0 Å². The van der Waals surface area contributed by atoms with E-state index in [1.165, 1.54) is 4.90 Å². The average Bonchev–Trinajstić information content (AvgIpc) is 2.93. The summed E-state index contributed by atoms with van der Waals surface area (Å²) >= 11 is 0. The van der Waals surface area contributed by atoms with Crippen LogP contribution in [0.25, 0.3) is 0 Å². The van der Waals surface area contributed by atoms with Crippen LogP contribution in [0.5, 0.6) is 0 Å². The molecule has 0 saturated heterocycles. The standard InChI is InChI=1S/C18H23NO5/c1-4-24-18(23)12(3)9-11(2)16(20)19-14-8-6-5-7-13(14)10-15(19)17(21)22/h5-8,11-12,15H,4,9-10H2,1-3H3,(H,21,22). The van der Waals surface area contributed by atoms with E-state index >= 15 is 0 Å². The van der Waals surface area contributed by atoms with E-state index in [1.807, 2.05) is 12.1 Å². The topological polar surface area (TPSA) is 83.9 Å². The smallest absolute Gasteiger partial charge is 0.327 e. The zero-order valence-electron chi connectivity index (χ0n) is 14.2. The maximum absolute atomic E-state index is 12.8. The zero-order chi connectivity index (χ0) is 17.9. The Morgan fingerprint density at radius 3 is 2.54 bits per heavy atom. The molecule has 0 saturated carbocycles. The number of rotatable bonds is 6. The minimum Gasteiger partial charge on any atom is -0.480 e. The molecule has 1 N–H and O–H groups in total. The molecule has 24 heavy (non-hydrogen) atoms. The maximum atomic E-state index is 12.8. The van der Waals surface area contributed by atoms with E-state index in [0.717, 1.165) is 5.56 Å². The minimum absolute atomic E-state index is 0.275. The Morgan fingerprint density at radius 1 is 1.25 bits per heavy atom. The Hall–Kier alpha value is -2.37. The molecule has 2 rings (SSSR count). The summed E-state index contributed by atoms with van der Waals surface area (Å²) in [5, 5.41) is 9.46. The van der Waals surface area contributed by atoms with Gasteiger partial charge < -0.3 is 9.84 Å². The number of para-hydroxylation sites is 1. The van der Waals surface area contributed by atoms with Crippen LogP contribution >= 0.6 is 0 Å². The number of aliphatic carboxylic acids is 1. The summed E-state index contributed by atoms with van der Waals surface area (Å²) in [6.45, 7) is 5.47. The van der Waals surface area contributed by atoms with Crippen LogP contribution in [-0.2, 0) is 25.5 Å². The van der Waals surface area contributed by atoms with Gasteiger partial charge in [0.25, 0.3) is 0 Å². The lowest BCUT2D eigenvalue weighted by molar-refractivity contribution is -0.148. The highest BCUT2D eigenvalue weighted by molar-refractivity contribution is 6.03. The molecule has 1 aromatic carbocycles. The first kappa shape index (κ1) is 18.0. The molecule has 3 unspecified atom stereocenters. The SMILES string of the molecule is CCOC(=O)C(C)CC(C)C(=O)N1c2ccccc2CC1C(=O)O. The second-order valence-electron chi connectivity index (χ2n) is 6.18. The number of hydrogen-bond acceptors (Lipinski definition) is 4. The van der Waals surface area contributed by atoms with E-state index < -0.39 is 23.8 Å². The minimum atomic E-state index is -1.02. The molecule has 1 aliphatic rings. The molecule has 3 atom stereocenters. The van der Waals surface area contributed by atoms with Crippen molar-refractivity contribution in [1.82, 2.24) is 0 Å². The van der Waals surface area contributed by atoms with Crippen molar-refractivity contribution in [3.05, 3.63) is 29.8 Å². The van der Waals surface area contributed by atoms with Crippen LogP contribution < -0.4 is 4.90 Å². The highest BCUT2D eigenvalue weighted by Crippen LogP contribution is 2.34. The van der Waals surface area contributed by atoms with Crippen LogP contribution in [0.1, 0.15) is 32.8 Å². The normalized spacial score (nSPS) is 18.6. The largest absolute Gasteiger partial charge is 0.480 e. The number of esters is 1. The van der Waals surface area contributed by atoms with Crippen LogP contribution in [0.2, 0.25) is 0 Å². The molecule has 6 nitrogen and oxygen atoms in total. The first-order chi connectivity index (χ1) is 11.4. The molecule has 6 heteroatoms. The maximum Gasteiger partial charge on any atom is 0.327 e. The lowest BCUT2D eigenvalue weighted by atomic mass is 9.95. The number of fused-ring (bicyclic) bond motifs is 1. The van der Waals surface area contributed by atoms with Gasteiger partial charge in [0, 0.05) is 18.0 Å². The molecule has 0 aliphatic carbocycles. The third-order valence-electron chi connectivity index (χ3n) is 4.32. The average molecular weight is 333 g/mol. The summed E-state index contributed by atoms with van der Waals surface area (Å²) in [7, 11) is 0. The van der Waals surface area contributed by atoms with E-state index in [4.69, 9.17) is 4.74 Å². The van der Waals surface area contributed by atoms with Gasteiger partial charge in [-0.15, -0.1) is 0 Å². The summed E-state index contributed by atoms with van der Waals surface area (Å²) in [5.74, 6) is -2.52. The number of benzene rings is 1. The van der Waals surface area contributed by atoms with Crippen molar-refractivity contribution in [3.8, 4) is 0 Å². The van der Waals surface area contributed by atoms with Crippen LogP contribution in [0.3, 0.4) is 0 Å². The fourth-order valence-electron chi connectivity index (χ4n) is 3.11. The molecule has 0 bridgehead atoms. The number of carboxylic acid groups (broad SMARTS) is 1. The van der Waals surface area contributed by atoms with Crippen molar-refractivity contribution in [2.24, 2.45) is 11.8 Å². The van der Waals surface area contributed by atoms with Gasteiger partial charge in [0.2, 0.25) is 5.91 Å². The molecule has 1 amide bonds. The molecule has 0 fully saturated rings. The van der Waals surface area contributed by atoms with E-state index in [2.05, 4.69) is 0 Å². The Morgan fingerprint density at radius 2 is 1.92 bits per heavy atom. The van der Waals surface area contributed by atoms with Crippen molar-refractivity contribution in [2.45, 2.75) is 39.7 Å². The first-order valence-corrected chi connectivity index (χ1v) is 8.17. The molecule has 130 valence electrons. The number of ether oxygens (including phenoxy) is 1. The van der Waals surface area contributed by atoms with Gasteiger partial charge in [0.15, 0.2) is 0 Å². The summed E-state index contributed by atoms with van der Waals surface area (Å²) in [6.07, 6.45) is 0.625. The summed E-state index contributed by atoms with van der Waals surface area (Å²) in [6, 6.07) is 6.32. The van der Waals surface area contributed by atoms with Crippen LogP contribution in [0.4, 0.5) is 5.69 Å². The number of hydrogen-bond donors (Lipinski definition) is 1. The van der Waals surface area contributed by atoms with Gasteiger partial charge in [-0.25, -0.2) is 4.79 Å². The third kappa shape index (κ3) is 3.58. The van der Waals surface area contributed by atoms with Crippen molar-refractivity contribution in [3.63, 3.8) is 0 Å². The Balaban J connectivity index is 2.17. The number of anilines is 1. The molecular formula is C18H23NO5. The van der Waals surface area contributed by atoms with Gasteiger partial charge in [-0.05, 0) is 25.0 Å². The predicted molar refractivity (Wildman–Crippen MR) is 88.6 cm³/mol. The number of nitrogens with zero attached hydrogens (tertiary/aromatic N) is 1. The van der Waals surface area contributed by atoms with Crippen LogP contribution in [-0.4, -0.2) is 35.6 Å². The van der Waals surface area contributed by atoms with Crippen LogP contribution in [0.15, 0.2) is 24.3 Å². The predicted octanol–water partition coefficient (Wildman–Crippen LogP) is 2.25. The monoisotopic (exact) mass is 333 g/mol. The fourth-order valence-corrected chi connectivity index (χ4v) is 3.11. The van der Waals surface area contributed by atoms with Gasteiger partial charge in [-0.3, -0.25) is 14.5 Å². The lowest BCUT2D eigenvalue weighted by Gasteiger charge is -2.26. The summed E-state index contributed by atoms with van der Waals surface area (Å²) in [4.78, 5) is 37.5. The first-order valence-electron chi connectivity index (χ1n) is 8.17. The van der Waals surface area contributed by atoms with Crippen molar-refractivity contribution in [2.75, 3.05) is 11.5 Å². The number of carbonyl (C=O) groups is 3.